The molecule has 1 N–H and O–H groups in total. The molecule has 0 fully saturated rings. The third-order valence-electron chi connectivity index (χ3n) is 1.81. The van der Waals surface area contributed by atoms with Crippen LogP contribution in [-0.2, 0) is 0 Å². The molecule has 0 atom stereocenters. The summed E-state index contributed by atoms with van der Waals surface area (Å²) >= 11 is 10.5. The van der Waals surface area contributed by atoms with Crippen molar-refractivity contribution >= 4 is 45.6 Å². The van der Waals surface area contributed by atoms with Crippen LogP contribution in [-0.4, -0.2) is 10.1 Å². The van der Waals surface area contributed by atoms with Crippen LogP contribution in [0.15, 0.2) is 29.4 Å². The van der Waals surface area contributed by atoms with Gasteiger partial charge in [-0.3, -0.25) is 0 Å². The third-order valence-corrected chi connectivity index (χ3v) is 2.21. The smallest absolute Gasteiger partial charge is 0.0980 e. The van der Waals surface area contributed by atoms with E-state index in [1.165, 1.54) is 0 Å². The van der Waals surface area contributed by atoms with Crippen molar-refractivity contribution in [3.05, 3.63) is 29.4 Å². The molecule has 0 saturated carbocycles. The van der Waals surface area contributed by atoms with Crippen LogP contribution in [0.3, 0.4) is 0 Å². The van der Waals surface area contributed by atoms with Crippen molar-refractivity contribution in [2.75, 3.05) is 0 Å². The van der Waals surface area contributed by atoms with Crippen LogP contribution < -0.4 is 0 Å². The first kappa shape index (κ1) is 8.45. The lowest BCUT2D eigenvalue weighted by atomic mass is 10.2. The molecule has 2 aromatic rings. The molecule has 0 aliphatic carbocycles. The number of nitrogens with one attached hydrogen (secondary N) is 1. The van der Waals surface area contributed by atoms with Crippen molar-refractivity contribution in [3.8, 4) is 0 Å². The summed E-state index contributed by atoms with van der Waals surface area (Å²) in [6.45, 7) is 0. The summed E-state index contributed by atoms with van der Waals surface area (Å²) in [5.74, 6) is 0. The largest absolute Gasteiger partial charge is 0.358 e. The van der Waals surface area contributed by atoms with Crippen LogP contribution >= 0.6 is 23.8 Å². The molecule has 0 saturated heterocycles. The zero-order valence-corrected chi connectivity index (χ0v) is 8.12. The van der Waals surface area contributed by atoms with E-state index in [0.717, 1.165) is 16.6 Å². The molecule has 64 valence electrons. The van der Waals surface area contributed by atoms with E-state index in [2.05, 4.69) is 27.4 Å². The average molecular weight is 209 g/mol. The van der Waals surface area contributed by atoms with E-state index < -0.39 is 0 Å². The molecule has 13 heavy (non-hydrogen) atoms. The van der Waals surface area contributed by atoms with E-state index in [9.17, 15) is 0 Å². The maximum absolute atomic E-state index is 5.93. The van der Waals surface area contributed by atoms with E-state index in [4.69, 9.17) is 11.6 Å². The summed E-state index contributed by atoms with van der Waals surface area (Å²) in [5.41, 5.74) is 1.66. The Labute approximate surface area is 85.2 Å². The fraction of sp³-hybridized carbons (Fsp3) is 0. The monoisotopic (exact) mass is 208 g/mol. The molecule has 0 unspecified atom stereocenters. The van der Waals surface area contributed by atoms with Gasteiger partial charge in [0.25, 0.3) is 0 Å². The van der Waals surface area contributed by atoms with E-state index >= 15 is 0 Å². The number of hydrogen-bond donors (Lipinski definition) is 1. The van der Waals surface area contributed by atoms with Crippen LogP contribution in [0, 0.1) is 0 Å². The molecule has 1 heterocycles. The molecule has 4 heteroatoms. The van der Waals surface area contributed by atoms with E-state index in [0.29, 0.717) is 5.02 Å². The van der Waals surface area contributed by atoms with Crippen molar-refractivity contribution in [2.24, 2.45) is 4.99 Å². The Kier molecular flexibility index (Phi) is 2.15. The van der Waals surface area contributed by atoms with E-state index in [-0.39, 0.29) is 0 Å². The van der Waals surface area contributed by atoms with Gasteiger partial charge < -0.3 is 4.98 Å². The molecule has 0 radical (unpaired) electrons. The van der Waals surface area contributed by atoms with Crippen molar-refractivity contribution in [2.45, 2.75) is 0 Å². The number of hydrogen-bond acceptors (Lipinski definition) is 2. The summed E-state index contributed by atoms with van der Waals surface area (Å²) < 4.78 is 0. The number of halogens is 1. The van der Waals surface area contributed by atoms with Gasteiger partial charge in [-0.2, -0.15) is 4.99 Å². The number of rotatable bonds is 1. The lowest BCUT2D eigenvalue weighted by Gasteiger charge is -1.93. The van der Waals surface area contributed by atoms with Gasteiger partial charge in [-0.05, 0) is 18.3 Å². The molecule has 0 bridgehead atoms. The molecule has 2 nitrogen and oxygen atoms in total. The van der Waals surface area contributed by atoms with Gasteiger partial charge >= 0.3 is 0 Å². The number of aromatic amines is 1. The van der Waals surface area contributed by atoms with Crippen molar-refractivity contribution in [1.82, 2.24) is 4.98 Å². The van der Waals surface area contributed by atoms with Crippen LogP contribution in [0.4, 0.5) is 5.69 Å². The van der Waals surface area contributed by atoms with E-state index in [1.54, 1.807) is 6.20 Å². The normalized spacial score (nSPS) is 9.92. The first-order valence-corrected chi connectivity index (χ1v) is 4.45. The Morgan fingerprint density at radius 3 is 3.08 bits per heavy atom. The maximum atomic E-state index is 5.93. The number of H-pyrrole nitrogens is 1. The quantitative estimate of drug-likeness (QED) is 0.563. The second kappa shape index (κ2) is 3.30. The fourth-order valence-electron chi connectivity index (χ4n) is 1.25. The number of fused-ring (bicyclic) bond motifs is 1. The highest BCUT2D eigenvalue weighted by molar-refractivity contribution is 7.78. The van der Waals surface area contributed by atoms with Gasteiger partial charge in [0.05, 0.1) is 21.4 Å². The number of thiocarbonyl (C=S) groups is 1. The minimum atomic E-state index is 0.691. The minimum absolute atomic E-state index is 0.691. The molecule has 2 rings (SSSR count). The van der Waals surface area contributed by atoms with Gasteiger partial charge in [-0.25, -0.2) is 0 Å². The first-order chi connectivity index (χ1) is 6.33. The first-order valence-electron chi connectivity index (χ1n) is 3.66. The molecular weight excluding hydrogens is 204 g/mol. The van der Waals surface area contributed by atoms with E-state index in [1.807, 2.05) is 18.2 Å². The molecule has 0 amide bonds. The van der Waals surface area contributed by atoms with Gasteiger partial charge in [-0.15, -0.1) is 0 Å². The molecular formula is C9H5ClN2S. The van der Waals surface area contributed by atoms with Crippen LogP contribution in [0.5, 0.6) is 0 Å². The van der Waals surface area contributed by atoms with Crippen molar-refractivity contribution in [1.29, 1.82) is 0 Å². The predicted octanol–water partition coefficient (Wildman–Crippen LogP) is 3.56. The van der Waals surface area contributed by atoms with Crippen molar-refractivity contribution in [3.63, 3.8) is 0 Å². The zero-order valence-electron chi connectivity index (χ0n) is 6.54. The van der Waals surface area contributed by atoms with Gasteiger partial charge in [0.1, 0.15) is 0 Å². The predicted molar refractivity (Wildman–Crippen MR) is 58.0 cm³/mol. The fourth-order valence-corrected chi connectivity index (χ4v) is 1.56. The summed E-state index contributed by atoms with van der Waals surface area (Å²) in [6.07, 6.45) is 1.73. The topological polar surface area (TPSA) is 28.1 Å². The highest BCUT2D eigenvalue weighted by atomic mass is 35.5. The third kappa shape index (κ3) is 1.38. The number of isothiocyanates is 1. The summed E-state index contributed by atoms with van der Waals surface area (Å²) in [4.78, 5) is 6.95. The summed E-state index contributed by atoms with van der Waals surface area (Å²) in [5, 5.41) is 3.97. The Morgan fingerprint density at radius 1 is 1.46 bits per heavy atom. The van der Waals surface area contributed by atoms with Crippen molar-refractivity contribution < 1.29 is 0 Å². The summed E-state index contributed by atoms with van der Waals surface area (Å²) in [7, 11) is 0. The lowest BCUT2D eigenvalue weighted by Crippen LogP contribution is -1.68. The molecule has 1 aromatic heterocycles. The zero-order chi connectivity index (χ0) is 9.26. The number of benzene rings is 1. The van der Waals surface area contributed by atoms with Crippen LogP contribution in [0.1, 0.15) is 0 Å². The molecule has 0 spiro atoms. The Hall–Kier alpha value is -1.15. The maximum Gasteiger partial charge on any atom is 0.0980 e. The second-order valence-electron chi connectivity index (χ2n) is 2.54. The van der Waals surface area contributed by atoms with Gasteiger partial charge in [0.2, 0.25) is 0 Å². The van der Waals surface area contributed by atoms with Crippen LogP contribution in [0.25, 0.3) is 10.9 Å². The molecule has 1 aromatic carbocycles. The average Bonchev–Trinajstić information content (AvgIpc) is 2.50. The standard InChI is InChI=1S/C9H5ClN2S/c10-7-4-11-9-6(7)2-1-3-8(9)12-5-13/h1-4,11H. The molecule has 0 aliphatic heterocycles. The number of aliphatic imine (C=N–C) groups is 1. The Bertz CT molecular complexity index is 497. The number of para-hydroxylation sites is 1. The Morgan fingerprint density at radius 2 is 2.31 bits per heavy atom. The lowest BCUT2D eigenvalue weighted by molar-refractivity contribution is 1.45. The molecule has 0 aliphatic rings. The van der Waals surface area contributed by atoms with Gasteiger partial charge in [0, 0.05) is 11.6 Å². The second-order valence-corrected chi connectivity index (χ2v) is 3.13. The SMILES string of the molecule is S=C=Nc1cccc2c(Cl)c[nH]c12. The van der Waals surface area contributed by atoms with Crippen LogP contribution in [0.2, 0.25) is 5.02 Å². The minimum Gasteiger partial charge on any atom is -0.358 e. The highest BCUT2D eigenvalue weighted by Gasteiger charge is 2.03. The van der Waals surface area contributed by atoms with Gasteiger partial charge in [0.15, 0.2) is 0 Å². The number of aromatic nitrogens is 1. The van der Waals surface area contributed by atoms with Gasteiger partial charge in [-0.1, -0.05) is 23.7 Å². The highest BCUT2D eigenvalue weighted by Crippen LogP contribution is 2.29. The number of nitrogens with zero attached hydrogens (tertiary/aromatic N) is 1. The Balaban J connectivity index is 2.84. The summed E-state index contributed by atoms with van der Waals surface area (Å²) in [6, 6.07) is 5.67.